The second-order valence-electron chi connectivity index (χ2n) is 4.99. The van der Waals surface area contributed by atoms with Crippen LogP contribution in [0.2, 0.25) is 0 Å². The van der Waals surface area contributed by atoms with Crippen LogP contribution in [-0.2, 0) is 13.1 Å². The van der Waals surface area contributed by atoms with E-state index in [9.17, 15) is 4.39 Å². The third-order valence-corrected chi connectivity index (χ3v) is 3.20. The van der Waals surface area contributed by atoms with Gasteiger partial charge in [-0.25, -0.2) is 9.38 Å². The zero-order chi connectivity index (χ0) is 16.5. The maximum absolute atomic E-state index is 13.2. The molecule has 0 heterocycles. The van der Waals surface area contributed by atoms with Gasteiger partial charge >= 0.3 is 0 Å². The quantitative estimate of drug-likeness (QED) is 0.427. The minimum absolute atomic E-state index is 0. The average Bonchev–Trinajstić information content (AvgIpc) is 2.58. The van der Waals surface area contributed by atoms with Crippen molar-refractivity contribution in [2.24, 2.45) is 4.99 Å². The molecule has 0 amide bonds. The first-order valence-corrected chi connectivity index (χ1v) is 7.47. The van der Waals surface area contributed by atoms with E-state index in [0.29, 0.717) is 24.6 Å². The minimum Gasteiger partial charge on any atom is -0.357 e. The largest absolute Gasteiger partial charge is 0.357 e. The molecule has 0 unspecified atom stereocenters. The van der Waals surface area contributed by atoms with Crippen LogP contribution in [-0.4, -0.2) is 12.5 Å². The topological polar surface area (TPSA) is 60.2 Å². The van der Waals surface area contributed by atoms with Crippen LogP contribution >= 0.6 is 24.0 Å². The summed E-state index contributed by atoms with van der Waals surface area (Å²) in [5.74, 6) is 0.411. The summed E-state index contributed by atoms with van der Waals surface area (Å²) in [6.45, 7) is 3.73. The summed E-state index contributed by atoms with van der Waals surface area (Å²) in [7, 11) is 0. The van der Waals surface area contributed by atoms with Gasteiger partial charge in [0.1, 0.15) is 5.82 Å². The third-order valence-electron chi connectivity index (χ3n) is 3.20. The highest BCUT2D eigenvalue weighted by molar-refractivity contribution is 14.0. The van der Waals surface area contributed by atoms with Crippen LogP contribution in [0.15, 0.2) is 53.5 Å². The lowest BCUT2D eigenvalue weighted by molar-refractivity contribution is 0.625. The molecule has 2 aromatic rings. The van der Waals surface area contributed by atoms with Gasteiger partial charge in [0.2, 0.25) is 0 Å². The number of hydrogen-bond donors (Lipinski definition) is 2. The van der Waals surface area contributed by atoms with E-state index in [1.54, 1.807) is 18.2 Å². The summed E-state index contributed by atoms with van der Waals surface area (Å²) < 4.78 is 13.2. The average molecular weight is 438 g/mol. The van der Waals surface area contributed by atoms with Crippen molar-refractivity contribution in [2.75, 3.05) is 6.54 Å². The molecule has 6 heteroatoms. The van der Waals surface area contributed by atoms with Crippen LogP contribution < -0.4 is 10.6 Å². The first kappa shape index (κ1) is 19.9. The summed E-state index contributed by atoms with van der Waals surface area (Å²) in [5.41, 5.74) is 2.52. The van der Waals surface area contributed by atoms with Crippen molar-refractivity contribution < 1.29 is 4.39 Å². The lowest BCUT2D eigenvalue weighted by atomic mass is 10.1. The maximum atomic E-state index is 13.2. The zero-order valence-electron chi connectivity index (χ0n) is 13.4. The SMILES string of the molecule is CCNC(=NCc1cccc(F)c1)NCc1ccc(C#N)cc1.I. The molecule has 24 heavy (non-hydrogen) atoms. The van der Waals surface area contributed by atoms with Gasteiger partial charge in [0.15, 0.2) is 5.96 Å². The van der Waals surface area contributed by atoms with Gasteiger partial charge < -0.3 is 10.6 Å². The van der Waals surface area contributed by atoms with Gasteiger partial charge in [-0.15, -0.1) is 24.0 Å². The number of halogens is 2. The number of nitriles is 1. The number of guanidine groups is 1. The molecule has 0 atom stereocenters. The minimum atomic E-state index is -0.256. The number of benzene rings is 2. The molecule has 2 rings (SSSR count). The fraction of sp³-hybridized carbons (Fsp3) is 0.222. The molecule has 0 saturated carbocycles. The second-order valence-corrected chi connectivity index (χ2v) is 4.99. The Hall–Kier alpha value is -2.14. The first-order chi connectivity index (χ1) is 11.2. The normalized spacial score (nSPS) is 10.5. The molecule has 0 aliphatic carbocycles. The molecule has 126 valence electrons. The summed E-state index contributed by atoms with van der Waals surface area (Å²) in [5, 5.41) is 15.2. The third kappa shape index (κ3) is 6.54. The molecule has 2 aromatic carbocycles. The van der Waals surface area contributed by atoms with E-state index in [1.165, 1.54) is 12.1 Å². The molecule has 0 spiro atoms. The standard InChI is InChI=1S/C18H19FN4.HI/c1-2-21-18(23-13-16-4-3-5-17(19)10-16)22-12-15-8-6-14(11-20)7-9-15;/h3-10H,2,12-13H2,1H3,(H2,21,22,23);1H. The number of aliphatic imine (C=N–C) groups is 1. The monoisotopic (exact) mass is 438 g/mol. The van der Waals surface area contributed by atoms with Crippen LogP contribution in [0.25, 0.3) is 0 Å². The van der Waals surface area contributed by atoms with E-state index in [4.69, 9.17) is 5.26 Å². The Labute approximate surface area is 158 Å². The van der Waals surface area contributed by atoms with Gasteiger partial charge in [-0.05, 0) is 42.3 Å². The predicted molar refractivity (Wildman–Crippen MR) is 105 cm³/mol. The van der Waals surface area contributed by atoms with Crippen molar-refractivity contribution in [3.05, 3.63) is 71.0 Å². The van der Waals surface area contributed by atoms with Gasteiger partial charge in [-0.1, -0.05) is 24.3 Å². The van der Waals surface area contributed by atoms with Crippen LogP contribution in [0.3, 0.4) is 0 Å². The molecule has 0 aliphatic rings. The van der Waals surface area contributed by atoms with Crippen LogP contribution in [0, 0.1) is 17.1 Å². The molecule has 0 fully saturated rings. The van der Waals surface area contributed by atoms with Crippen molar-refractivity contribution in [3.8, 4) is 6.07 Å². The van der Waals surface area contributed by atoms with E-state index in [2.05, 4.69) is 21.7 Å². The van der Waals surface area contributed by atoms with Crippen molar-refractivity contribution in [1.29, 1.82) is 5.26 Å². The Balaban J connectivity index is 0.00000288. The van der Waals surface area contributed by atoms with Gasteiger partial charge in [0.25, 0.3) is 0 Å². The second kappa shape index (κ2) is 10.6. The predicted octanol–water partition coefficient (Wildman–Crippen LogP) is 3.57. The van der Waals surface area contributed by atoms with Gasteiger partial charge in [-0.2, -0.15) is 5.26 Å². The van der Waals surface area contributed by atoms with E-state index < -0.39 is 0 Å². The van der Waals surface area contributed by atoms with E-state index in [-0.39, 0.29) is 29.8 Å². The smallest absolute Gasteiger partial charge is 0.191 e. The van der Waals surface area contributed by atoms with Gasteiger partial charge in [0.05, 0.1) is 18.2 Å². The van der Waals surface area contributed by atoms with Crippen molar-refractivity contribution in [2.45, 2.75) is 20.0 Å². The highest BCUT2D eigenvalue weighted by Gasteiger charge is 2.00. The molecule has 0 aliphatic heterocycles. The van der Waals surface area contributed by atoms with Gasteiger partial charge in [-0.3, -0.25) is 0 Å². The Morgan fingerprint density at radius 1 is 1.12 bits per heavy atom. The van der Waals surface area contributed by atoms with Crippen molar-refractivity contribution in [3.63, 3.8) is 0 Å². The zero-order valence-corrected chi connectivity index (χ0v) is 15.8. The fourth-order valence-corrected chi connectivity index (χ4v) is 2.03. The van der Waals surface area contributed by atoms with E-state index in [1.807, 2.05) is 25.1 Å². The maximum Gasteiger partial charge on any atom is 0.191 e. The van der Waals surface area contributed by atoms with Crippen LogP contribution in [0.4, 0.5) is 4.39 Å². The molecule has 0 aromatic heterocycles. The molecule has 4 nitrogen and oxygen atoms in total. The number of hydrogen-bond acceptors (Lipinski definition) is 2. The lowest BCUT2D eigenvalue weighted by Crippen LogP contribution is -2.36. The van der Waals surface area contributed by atoms with E-state index >= 15 is 0 Å². The molecule has 0 bridgehead atoms. The summed E-state index contributed by atoms with van der Waals surface area (Å²) in [6.07, 6.45) is 0. The van der Waals surface area contributed by atoms with Crippen LogP contribution in [0.1, 0.15) is 23.6 Å². The molecule has 0 radical (unpaired) electrons. The Morgan fingerprint density at radius 3 is 2.50 bits per heavy atom. The summed E-state index contributed by atoms with van der Waals surface area (Å²) in [4.78, 5) is 4.45. The summed E-state index contributed by atoms with van der Waals surface area (Å²) in [6, 6.07) is 15.9. The van der Waals surface area contributed by atoms with Gasteiger partial charge in [0, 0.05) is 13.1 Å². The van der Waals surface area contributed by atoms with Crippen LogP contribution in [0.5, 0.6) is 0 Å². The first-order valence-electron chi connectivity index (χ1n) is 7.47. The Bertz CT molecular complexity index is 708. The molecule has 0 saturated heterocycles. The Kier molecular flexibility index (Phi) is 8.79. The molecule has 2 N–H and O–H groups in total. The Morgan fingerprint density at radius 2 is 1.88 bits per heavy atom. The van der Waals surface area contributed by atoms with E-state index in [0.717, 1.165) is 17.7 Å². The fourth-order valence-electron chi connectivity index (χ4n) is 2.03. The van der Waals surface area contributed by atoms with Crippen molar-refractivity contribution in [1.82, 2.24) is 10.6 Å². The lowest BCUT2D eigenvalue weighted by Gasteiger charge is -2.11. The number of rotatable bonds is 5. The van der Waals surface area contributed by atoms with Crippen molar-refractivity contribution >= 4 is 29.9 Å². The summed E-state index contributed by atoms with van der Waals surface area (Å²) >= 11 is 0. The number of nitrogens with one attached hydrogen (secondary N) is 2. The number of nitrogens with zero attached hydrogens (tertiary/aromatic N) is 2. The molecular weight excluding hydrogens is 418 g/mol. The molecular formula is C18H20FIN4. The highest BCUT2D eigenvalue weighted by atomic mass is 127. The highest BCUT2D eigenvalue weighted by Crippen LogP contribution is 2.05.